The number of rotatable bonds is 2. The lowest BCUT2D eigenvalue weighted by molar-refractivity contribution is 0.403. The van der Waals surface area contributed by atoms with Crippen LogP contribution in [0.3, 0.4) is 0 Å². The minimum atomic E-state index is -0.230. The highest BCUT2D eigenvalue weighted by molar-refractivity contribution is 5.90. The van der Waals surface area contributed by atoms with E-state index in [1.807, 2.05) is 26.0 Å². The van der Waals surface area contributed by atoms with Crippen molar-refractivity contribution in [1.29, 1.82) is 5.26 Å². The van der Waals surface area contributed by atoms with Gasteiger partial charge < -0.3 is 15.2 Å². The third-order valence-corrected chi connectivity index (χ3v) is 3.78. The van der Waals surface area contributed by atoms with E-state index < -0.39 is 0 Å². The Morgan fingerprint density at radius 1 is 1.13 bits per heavy atom. The van der Waals surface area contributed by atoms with Gasteiger partial charge in [0.15, 0.2) is 11.5 Å². The molecular weight excluding hydrogens is 290 g/mol. The fourth-order valence-electron chi connectivity index (χ4n) is 2.35. The van der Waals surface area contributed by atoms with Crippen LogP contribution in [-0.2, 0) is 0 Å². The summed E-state index contributed by atoms with van der Waals surface area (Å²) in [5.41, 5.74) is 4.92. The van der Waals surface area contributed by atoms with Crippen molar-refractivity contribution in [2.75, 3.05) is 0 Å². The second kappa shape index (κ2) is 5.50. The zero-order valence-electron chi connectivity index (χ0n) is 12.8. The van der Waals surface area contributed by atoms with Crippen LogP contribution in [0.15, 0.2) is 30.3 Å². The van der Waals surface area contributed by atoms with Crippen LogP contribution in [0.4, 0.5) is 0 Å². The molecule has 2 aromatic carbocycles. The van der Waals surface area contributed by atoms with Gasteiger partial charge in [0.05, 0.1) is 16.6 Å². The zero-order valence-corrected chi connectivity index (χ0v) is 12.8. The Hall–Kier alpha value is -3.26. The van der Waals surface area contributed by atoms with E-state index in [-0.39, 0.29) is 11.5 Å². The highest BCUT2D eigenvalue weighted by Gasteiger charge is 2.10. The van der Waals surface area contributed by atoms with Gasteiger partial charge in [-0.1, -0.05) is 6.07 Å². The smallest absolute Gasteiger partial charge is 0.157 e. The van der Waals surface area contributed by atoms with E-state index in [1.165, 1.54) is 12.1 Å². The molecule has 3 aromatic rings. The van der Waals surface area contributed by atoms with Crippen molar-refractivity contribution in [3.05, 3.63) is 52.8 Å². The highest BCUT2D eigenvalue weighted by Crippen LogP contribution is 2.27. The SMILES string of the molecule is Cc1cc2nc(C(C#N)=Cc3ccc(O)c(O)c3)[nH]c2cc1C. The molecule has 23 heavy (non-hydrogen) atoms. The van der Waals surface area contributed by atoms with Crippen molar-refractivity contribution >= 4 is 22.7 Å². The molecule has 0 bridgehead atoms. The van der Waals surface area contributed by atoms with Crippen LogP contribution in [0.1, 0.15) is 22.5 Å². The van der Waals surface area contributed by atoms with Gasteiger partial charge in [-0.25, -0.2) is 4.98 Å². The number of nitrogens with one attached hydrogen (secondary N) is 1. The number of imidazole rings is 1. The van der Waals surface area contributed by atoms with Crippen LogP contribution in [0.25, 0.3) is 22.7 Å². The number of allylic oxidation sites excluding steroid dienone is 1. The summed E-state index contributed by atoms with van der Waals surface area (Å²) in [7, 11) is 0. The number of phenols is 2. The Bertz CT molecular complexity index is 939. The van der Waals surface area contributed by atoms with E-state index in [9.17, 15) is 15.5 Å². The number of aromatic nitrogens is 2. The first-order chi connectivity index (χ1) is 11.0. The maximum Gasteiger partial charge on any atom is 0.157 e. The zero-order chi connectivity index (χ0) is 16.6. The van der Waals surface area contributed by atoms with Crippen molar-refractivity contribution < 1.29 is 10.2 Å². The number of hydrogen-bond acceptors (Lipinski definition) is 4. The van der Waals surface area contributed by atoms with Crippen LogP contribution in [0.5, 0.6) is 11.5 Å². The van der Waals surface area contributed by atoms with Gasteiger partial charge in [-0.15, -0.1) is 0 Å². The Kier molecular flexibility index (Phi) is 3.51. The third kappa shape index (κ3) is 2.74. The van der Waals surface area contributed by atoms with Gasteiger partial charge >= 0.3 is 0 Å². The Labute approximate surface area is 133 Å². The van der Waals surface area contributed by atoms with Gasteiger partial charge in [-0.3, -0.25) is 0 Å². The van der Waals surface area contributed by atoms with E-state index in [0.29, 0.717) is 17.0 Å². The average Bonchev–Trinajstić information content (AvgIpc) is 2.91. The molecule has 0 aliphatic carbocycles. The molecule has 5 nitrogen and oxygen atoms in total. The number of phenolic OH excluding ortho intramolecular Hbond substituents is 2. The lowest BCUT2D eigenvalue weighted by Crippen LogP contribution is -1.85. The van der Waals surface area contributed by atoms with Gasteiger partial charge in [-0.2, -0.15) is 5.26 Å². The van der Waals surface area contributed by atoms with Crippen molar-refractivity contribution in [3.8, 4) is 17.6 Å². The molecule has 0 aliphatic heterocycles. The molecule has 0 fully saturated rings. The summed E-state index contributed by atoms with van der Waals surface area (Å²) < 4.78 is 0. The standard InChI is InChI=1S/C18H15N3O2/c1-10-5-14-15(6-11(10)2)21-18(20-14)13(9-19)7-12-3-4-16(22)17(23)8-12/h3-8,22-23H,1-2H3,(H,20,21). The Morgan fingerprint density at radius 2 is 1.87 bits per heavy atom. The summed E-state index contributed by atoms with van der Waals surface area (Å²) in [6.07, 6.45) is 1.61. The summed E-state index contributed by atoms with van der Waals surface area (Å²) in [4.78, 5) is 7.61. The maximum absolute atomic E-state index is 9.55. The number of hydrogen-bond donors (Lipinski definition) is 3. The monoisotopic (exact) mass is 305 g/mol. The molecular formula is C18H15N3O2. The van der Waals surface area contributed by atoms with Crippen LogP contribution in [0.2, 0.25) is 0 Å². The predicted octanol–water partition coefficient (Wildman–Crippen LogP) is 3.66. The summed E-state index contributed by atoms with van der Waals surface area (Å²) in [6, 6.07) is 10.5. The fourth-order valence-corrected chi connectivity index (χ4v) is 2.35. The number of nitrogens with zero attached hydrogens (tertiary/aromatic N) is 2. The van der Waals surface area contributed by atoms with Crippen molar-refractivity contribution in [3.63, 3.8) is 0 Å². The molecule has 114 valence electrons. The highest BCUT2D eigenvalue weighted by atomic mass is 16.3. The molecule has 1 heterocycles. The Balaban J connectivity index is 2.08. The average molecular weight is 305 g/mol. The first-order valence-corrected chi connectivity index (χ1v) is 7.09. The number of fused-ring (bicyclic) bond motifs is 1. The maximum atomic E-state index is 9.55. The minimum absolute atomic E-state index is 0.199. The fraction of sp³-hybridized carbons (Fsp3) is 0.111. The van der Waals surface area contributed by atoms with Crippen LogP contribution < -0.4 is 0 Å². The van der Waals surface area contributed by atoms with E-state index in [1.54, 1.807) is 12.1 Å². The molecule has 3 rings (SSSR count). The molecule has 0 atom stereocenters. The largest absolute Gasteiger partial charge is 0.504 e. The summed E-state index contributed by atoms with van der Waals surface area (Å²) in [6.45, 7) is 4.04. The molecule has 0 spiro atoms. The van der Waals surface area contributed by atoms with E-state index in [0.717, 1.165) is 22.2 Å². The van der Waals surface area contributed by atoms with Gasteiger partial charge in [-0.05, 0) is 60.9 Å². The number of aryl methyl sites for hydroxylation is 2. The lowest BCUT2D eigenvalue weighted by atomic mass is 10.1. The van der Waals surface area contributed by atoms with Crippen molar-refractivity contribution in [2.45, 2.75) is 13.8 Å². The molecule has 0 aliphatic rings. The quantitative estimate of drug-likeness (QED) is 0.497. The summed E-state index contributed by atoms with van der Waals surface area (Å²) in [5.74, 6) is 0.0438. The number of aromatic hydroxyl groups is 2. The van der Waals surface area contributed by atoms with Crippen LogP contribution in [0, 0.1) is 25.2 Å². The molecule has 3 N–H and O–H groups in total. The van der Waals surface area contributed by atoms with E-state index in [2.05, 4.69) is 16.0 Å². The number of benzene rings is 2. The van der Waals surface area contributed by atoms with Gasteiger partial charge in [0.25, 0.3) is 0 Å². The first kappa shape index (κ1) is 14.7. The van der Waals surface area contributed by atoms with Crippen LogP contribution in [-0.4, -0.2) is 20.2 Å². The predicted molar refractivity (Wildman–Crippen MR) is 88.8 cm³/mol. The molecule has 0 amide bonds. The number of aromatic amines is 1. The topological polar surface area (TPSA) is 92.9 Å². The lowest BCUT2D eigenvalue weighted by Gasteiger charge is -1.99. The second-order valence-electron chi connectivity index (χ2n) is 5.46. The summed E-state index contributed by atoms with van der Waals surface area (Å²) >= 11 is 0. The summed E-state index contributed by atoms with van der Waals surface area (Å²) in [5, 5.41) is 28.3. The second-order valence-corrected chi connectivity index (χ2v) is 5.46. The molecule has 1 aromatic heterocycles. The molecule has 0 radical (unpaired) electrons. The van der Waals surface area contributed by atoms with Gasteiger partial charge in [0.1, 0.15) is 11.9 Å². The number of H-pyrrole nitrogens is 1. The van der Waals surface area contributed by atoms with Gasteiger partial charge in [0.2, 0.25) is 0 Å². The van der Waals surface area contributed by atoms with E-state index >= 15 is 0 Å². The number of nitriles is 1. The van der Waals surface area contributed by atoms with Crippen molar-refractivity contribution in [2.24, 2.45) is 0 Å². The minimum Gasteiger partial charge on any atom is -0.504 e. The molecule has 0 saturated carbocycles. The third-order valence-electron chi connectivity index (χ3n) is 3.78. The van der Waals surface area contributed by atoms with Crippen LogP contribution >= 0.6 is 0 Å². The molecule has 0 unspecified atom stereocenters. The first-order valence-electron chi connectivity index (χ1n) is 7.09. The van der Waals surface area contributed by atoms with Gasteiger partial charge in [0, 0.05) is 0 Å². The van der Waals surface area contributed by atoms with Crippen molar-refractivity contribution in [1.82, 2.24) is 9.97 Å². The van der Waals surface area contributed by atoms with E-state index in [4.69, 9.17) is 0 Å². The molecule has 5 heteroatoms. The normalized spacial score (nSPS) is 11.6. The molecule has 0 saturated heterocycles. The Morgan fingerprint density at radius 3 is 2.57 bits per heavy atom.